The largest absolute Gasteiger partial charge is 0.465 e. The summed E-state index contributed by atoms with van der Waals surface area (Å²) >= 11 is 0. The normalized spacial score (nSPS) is 16.6. The SMILES string of the molecule is O=C(O)NCC1=C2Cn3cccc3C=C2C=C1. The molecule has 4 nitrogen and oxygen atoms in total. The quantitative estimate of drug-likeness (QED) is 0.813. The van der Waals surface area contributed by atoms with Gasteiger partial charge in [-0.05, 0) is 34.9 Å². The first-order chi connectivity index (χ1) is 8.24. The van der Waals surface area contributed by atoms with Crippen molar-refractivity contribution in [2.24, 2.45) is 0 Å². The van der Waals surface area contributed by atoms with Gasteiger partial charge in [-0.25, -0.2) is 4.79 Å². The summed E-state index contributed by atoms with van der Waals surface area (Å²) in [7, 11) is 0. The molecule has 0 atom stereocenters. The van der Waals surface area contributed by atoms with Crippen LogP contribution in [0.3, 0.4) is 0 Å². The van der Waals surface area contributed by atoms with Crippen LogP contribution >= 0.6 is 0 Å². The first kappa shape index (κ1) is 9.96. The molecule has 4 heteroatoms. The molecule has 1 aliphatic heterocycles. The summed E-state index contributed by atoms with van der Waals surface area (Å²) in [5, 5.41) is 11.0. The maximum Gasteiger partial charge on any atom is 0.404 e. The van der Waals surface area contributed by atoms with Crippen LogP contribution < -0.4 is 5.32 Å². The number of hydrogen-bond donors (Lipinski definition) is 2. The average molecular weight is 228 g/mol. The van der Waals surface area contributed by atoms with Gasteiger partial charge >= 0.3 is 6.09 Å². The number of nitrogens with zero attached hydrogens (tertiary/aromatic N) is 1. The van der Waals surface area contributed by atoms with Crippen LogP contribution in [0.15, 0.2) is 47.2 Å². The Morgan fingerprint density at radius 3 is 3.18 bits per heavy atom. The van der Waals surface area contributed by atoms with Crippen LogP contribution in [0.1, 0.15) is 5.69 Å². The first-order valence-corrected chi connectivity index (χ1v) is 5.48. The minimum absolute atomic E-state index is 0.370. The number of fused-ring (bicyclic) bond motifs is 2. The number of amides is 1. The van der Waals surface area contributed by atoms with E-state index < -0.39 is 6.09 Å². The fourth-order valence-corrected chi connectivity index (χ4v) is 2.27. The molecule has 0 saturated heterocycles. The Kier molecular flexibility index (Phi) is 2.14. The second kappa shape index (κ2) is 3.66. The molecule has 0 aromatic carbocycles. The van der Waals surface area contributed by atoms with Crippen molar-refractivity contribution >= 4 is 12.2 Å². The minimum Gasteiger partial charge on any atom is -0.465 e. The van der Waals surface area contributed by atoms with Crippen LogP contribution in [-0.2, 0) is 6.54 Å². The molecule has 17 heavy (non-hydrogen) atoms. The molecule has 2 N–H and O–H groups in total. The van der Waals surface area contributed by atoms with Crippen molar-refractivity contribution in [3.8, 4) is 0 Å². The molecule has 86 valence electrons. The molecule has 1 aromatic heterocycles. The number of hydrogen-bond acceptors (Lipinski definition) is 1. The zero-order valence-corrected chi connectivity index (χ0v) is 9.18. The third-order valence-electron chi connectivity index (χ3n) is 3.13. The van der Waals surface area contributed by atoms with E-state index in [1.165, 1.54) is 16.8 Å². The number of allylic oxidation sites excluding steroid dienone is 3. The van der Waals surface area contributed by atoms with E-state index in [1.807, 2.05) is 24.4 Å². The van der Waals surface area contributed by atoms with Gasteiger partial charge < -0.3 is 15.0 Å². The third-order valence-corrected chi connectivity index (χ3v) is 3.13. The molecule has 0 spiro atoms. The van der Waals surface area contributed by atoms with Crippen LogP contribution in [0, 0.1) is 0 Å². The zero-order valence-electron chi connectivity index (χ0n) is 9.18. The molecule has 3 rings (SSSR count). The predicted molar refractivity (Wildman–Crippen MR) is 64.6 cm³/mol. The average Bonchev–Trinajstić information content (AvgIpc) is 2.88. The summed E-state index contributed by atoms with van der Waals surface area (Å²) in [6.07, 6.45) is 7.22. The molecular weight excluding hydrogens is 216 g/mol. The van der Waals surface area contributed by atoms with Gasteiger partial charge in [0, 0.05) is 25.0 Å². The Morgan fingerprint density at radius 1 is 1.47 bits per heavy atom. The second-order valence-electron chi connectivity index (χ2n) is 4.16. The van der Waals surface area contributed by atoms with E-state index >= 15 is 0 Å². The van der Waals surface area contributed by atoms with Crippen LogP contribution in [-0.4, -0.2) is 22.3 Å². The highest BCUT2D eigenvalue weighted by Gasteiger charge is 2.19. The van der Waals surface area contributed by atoms with Crippen molar-refractivity contribution in [3.05, 3.63) is 52.9 Å². The molecule has 0 saturated carbocycles. The van der Waals surface area contributed by atoms with Gasteiger partial charge in [-0.1, -0.05) is 12.2 Å². The van der Waals surface area contributed by atoms with E-state index in [-0.39, 0.29) is 0 Å². The molecule has 0 radical (unpaired) electrons. The van der Waals surface area contributed by atoms with Gasteiger partial charge in [0.15, 0.2) is 0 Å². The van der Waals surface area contributed by atoms with Crippen molar-refractivity contribution in [2.75, 3.05) is 6.54 Å². The smallest absolute Gasteiger partial charge is 0.404 e. The number of carbonyl (C=O) groups is 1. The van der Waals surface area contributed by atoms with Crippen LogP contribution in [0.4, 0.5) is 4.79 Å². The number of nitrogens with one attached hydrogen (secondary N) is 1. The second-order valence-corrected chi connectivity index (χ2v) is 4.16. The lowest BCUT2D eigenvalue weighted by molar-refractivity contribution is 0.195. The van der Waals surface area contributed by atoms with E-state index in [1.54, 1.807) is 0 Å². The van der Waals surface area contributed by atoms with Crippen molar-refractivity contribution in [1.82, 2.24) is 9.88 Å². The summed E-state index contributed by atoms with van der Waals surface area (Å²) in [6.45, 7) is 1.19. The van der Waals surface area contributed by atoms with Crippen LogP contribution in [0.2, 0.25) is 0 Å². The highest BCUT2D eigenvalue weighted by Crippen LogP contribution is 2.31. The lowest BCUT2D eigenvalue weighted by Gasteiger charge is -2.17. The zero-order chi connectivity index (χ0) is 11.8. The minimum atomic E-state index is -0.985. The number of rotatable bonds is 2. The Morgan fingerprint density at radius 2 is 2.35 bits per heavy atom. The molecule has 2 aliphatic rings. The Labute approximate surface area is 98.6 Å². The summed E-state index contributed by atoms with van der Waals surface area (Å²) in [6, 6.07) is 4.10. The van der Waals surface area contributed by atoms with Gasteiger partial charge in [0.05, 0.1) is 0 Å². The summed E-state index contributed by atoms with van der Waals surface area (Å²) in [5.74, 6) is 0. The first-order valence-electron chi connectivity index (χ1n) is 5.48. The topological polar surface area (TPSA) is 54.3 Å². The molecule has 1 aliphatic carbocycles. The molecule has 0 bridgehead atoms. The summed E-state index contributed by atoms with van der Waals surface area (Å²) < 4.78 is 2.16. The van der Waals surface area contributed by atoms with E-state index in [4.69, 9.17) is 5.11 Å². The van der Waals surface area contributed by atoms with Gasteiger partial charge in [0.25, 0.3) is 0 Å². The number of aromatic nitrogens is 1. The fourth-order valence-electron chi connectivity index (χ4n) is 2.27. The van der Waals surface area contributed by atoms with Gasteiger partial charge in [0.1, 0.15) is 0 Å². The number of carboxylic acid groups (broad SMARTS) is 1. The molecule has 1 amide bonds. The maximum atomic E-state index is 10.5. The van der Waals surface area contributed by atoms with Crippen molar-refractivity contribution < 1.29 is 9.90 Å². The van der Waals surface area contributed by atoms with E-state index in [0.717, 1.165) is 12.1 Å². The van der Waals surface area contributed by atoms with Crippen molar-refractivity contribution in [3.63, 3.8) is 0 Å². The Bertz CT molecular complexity index is 576. The third kappa shape index (κ3) is 1.67. The Hall–Kier alpha value is -2.23. The predicted octanol–water partition coefficient (Wildman–Crippen LogP) is 2.02. The Balaban J connectivity index is 1.91. The van der Waals surface area contributed by atoms with E-state index in [9.17, 15) is 4.79 Å². The molecular formula is C13H12N2O2. The van der Waals surface area contributed by atoms with Crippen molar-refractivity contribution in [2.45, 2.75) is 6.54 Å². The van der Waals surface area contributed by atoms with Gasteiger partial charge in [-0.3, -0.25) is 0 Å². The fraction of sp³-hybridized carbons (Fsp3) is 0.154. The van der Waals surface area contributed by atoms with E-state index in [2.05, 4.69) is 22.0 Å². The van der Waals surface area contributed by atoms with Gasteiger partial charge in [0.2, 0.25) is 0 Å². The maximum absolute atomic E-state index is 10.5. The molecule has 0 fully saturated rings. The summed E-state index contributed by atoms with van der Waals surface area (Å²) in [5.41, 5.74) is 4.65. The van der Waals surface area contributed by atoms with E-state index in [0.29, 0.717) is 6.54 Å². The highest BCUT2D eigenvalue weighted by molar-refractivity contribution is 5.70. The molecule has 2 heterocycles. The standard InChI is InChI=1S/C13H12N2O2/c16-13(17)14-7-10-4-3-9-6-11-2-1-5-15(11)8-12(9)10/h1-6,14H,7-8H2,(H,16,17). The monoisotopic (exact) mass is 228 g/mol. The van der Waals surface area contributed by atoms with Crippen LogP contribution in [0.25, 0.3) is 6.08 Å². The lowest BCUT2D eigenvalue weighted by Crippen LogP contribution is -2.23. The van der Waals surface area contributed by atoms with Crippen LogP contribution in [0.5, 0.6) is 0 Å². The lowest BCUT2D eigenvalue weighted by atomic mass is 10.0. The van der Waals surface area contributed by atoms with Crippen molar-refractivity contribution in [1.29, 1.82) is 0 Å². The highest BCUT2D eigenvalue weighted by atomic mass is 16.4. The summed E-state index contributed by atoms with van der Waals surface area (Å²) in [4.78, 5) is 10.5. The van der Waals surface area contributed by atoms with Gasteiger partial charge in [-0.15, -0.1) is 0 Å². The molecule has 0 unspecified atom stereocenters. The molecule has 1 aromatic rings. The van der Waals surface area contributed by atoms with Gasteiger partial charge in [-0.2, -0.15) is 0 Å².